The van der Waals surface area contributed by atoms with Crippen LogP contribution in [0.3, 0.4) is 0 Å². The monoisotopic (exact) mass is 489 g/mol. The minimum absolute atomic E-state index is 0.0602. The van der Waals surface area contributed by atoms with Gasteiger partial charge in [0.2, 0.25) is 11.8 Å². The maximum Gasteiger partial charge on any atom is 0.416 e. The molecule has 3 aromatic rings. The molecule has 0 N–H and O–H groups in total. The molecule has 1 atom stereocenters. The first kappa shape index (κ1) is 22.6. The minimum Gasteiger partial charge on any atom is -0.352 e. The highest BCUT2D eigenvalue weighted by atomic mass is 32.1. The smallest absolute Gasteiger partial charge is 0.352 e. The van der Waals surface area contributed by atoms with E-state index < -0.39 is 17.7 Å². The van der Waals surface area contributed by atoms with Crippen LogP contribution in [0.4, 0.5) is 19.0 Å². The lowest BCUT2D eigenvalue weighted by Gasteiger charge is -2.36. The van der Waals surface area contributed by atoms with Crippen molar-refractivity contribution >= 4 is 39.2 Å². The normalized spacial score (nSPS) is 19.3. The molecule has 2 amide bonds. The van der Waals surface area contributed by atoms with Gasteiger partial charge in [-0.25, -0.2) is 9.97 Å². The number of piperazine rings is 1. The standard InChI is InChI=1S/C23H22F3N5O2S/c24-23(25,26)17-3-1-2-15(10-17)12-31-13-16(11-19(31)32)22(33)30-7-5-29(6-8-30)20-18-4-9-34-21(18)28-14-27-20/h1-4,9-10,14,16H,5-8,11-13H2. The molecule has 1 aromatic carbocycles. The van der Waals surface area contributed by atoms with Gasteiger partial charge >= 0.3 is 6.18 Å². The van der Waals surface area contributed by atoms with Gasteiger partial charge < -0.3 is 14.7 Å². The Morgan fingerprint density at radius 3 is 2.68 bits per heavy atom. The molecule has 0 radical (unpaired) electrons. The number of halogens is 3. The summed E-state index contributed by atoms with van der Waals surface area (Å²) in [5.74, 6) is 0.0901. The average Bonchev–Trinajstić information content (AvgIpc) is 3.45. The summed E-state index contributed by atoms with van der Waals surface area (Å²) in [4.78, 5) is 40.6. The zero-order chi connectivity index (χ0) is 23.9. The number of hydrogen-bond donors (Lipinski definition) is 0. The molecule has 4 heterocycles. The molecule has 2 fully saturated rings. The molecule has 2 saturated heterocycles. The van der Waals surface area contributed by atoms with Crippen molar-refractivity contribution < 1.29 is 22.8 Å². The van der Waals surface area contributed by atoms with Crippen LogP contribution in [-0.2, 0) is 22.3 Å². The third kappa shape index (κ3) is 4.44. The van der Waals surface area contributed by atoms with Crippen LogP contribution in [0.15, 0.2) is 42.0 Å². The van der Waals surface area contributed by atoms with Crippen molar-refractivity contribution in [1.82, 2.24) is 19.8 Å². The van der Waals surface area contributed by atoms with Gasteiger partial charge in [-0.15, -0.1) is 11.3 Å². The Morgan fingerprint density at radius 1 is 1.12 bits per heavy atom. The largest absolute Gasteiger partial charge is 0.416 e. The molecule has 1 unspecified atom stereocenters. The third-order valence-corrected chi connectivity index (χ3v) is 7.14. The zero-order valence-corrected chi connectivity index (χ0v) is 19.0. The number of fused-ring (bicyclic) bond motifs is 1. The number of thiophene rings is 1. The Labute approximate surface area is 197 Å². The Hall–Kier alpha value is -3.21. The summed E-state index contributed by atoms with van der Waals surface area (Å²) in [5, 5.41) is 2.98. The van der Waals surface area contributed by atoms with E-state index in [9.17, 15) is 22.8 Å². The van der Waals surface area contributed by atoms with E-state index in [0.717, 1.165) is 28.2 Å². The van der Waals surface area contributed by atoms with Gasteiger partial charge in [-0.2, -0.15) is 13.2 Å². The van der Waals surface area contributed by atoms with E-state index in [1.165, 1.54) is 11.0 Å². The first-order chi connectivity index (χ1) is 16.3. The number of amides is 2. The third-order valence-electron chi connectivity index (χ3n) is 6.32. The molecule has 2 aliphatic rings. The predicted molar refractivity (Wildman–Crippen MR) is 121 cm³/mol. The van der Waals surface area contributed by atoms with Crippen molar-refractivity contribution in [2.45, 2.75) is 19.1 Å². The van der Waals surface area contributed by atoms with Crippen LogP contribution in [0.25, 0.3) is 10.2 Å². The molecule has 0 aliphatic carbocycles. The number of carbonyl (C=O) groups excluding carboxylic acids is 2. The van der Waals surface area contributed by atoms with E-state index in [-0.39, 0.29) is 31.3 Å². The predicted octanol–water partition coefficient (Wildman–Crippen LogP) is 3.41. The Kier molecular flexibility index (Phi) is 5.88. The molecular weight excluding hydrogens is 467 g/mol. The maximum absolute atomic E-state index is 13.1. The summed E-state index contributed by atoms with van der Waals surface area (Å²) in [7, 11) is 0. The van der Waals surface area contributed by atoms with Crippen LogP contribution in [-0.4, -0.2) is 64.3 Å². The first-order valence-corrected chi connectivity index (χ1v) is 11.8. The van der Waals surface area contributed by atoms with Gasteiger partial charge in [-0.3, -0.25) is 9.59 Å². The highest BCUT2D eigenvalue weighted by molar-refractivity contribution is 7.16. The number of carbonyl (C=O) groups is 2. The number of nitrogens with zero attached hydrogens (tertiary/aromatic N) is 5. The second kappa shape index (κ2) is 8.86. The second-order valence-corrected chi connectivity index (χ2v) is 9.42. The number of likely N-dealkylation sites (tertiary alicyclic amines) is 1. The van der Waals surface area contributed by atoms with Gasteiger partial charge in [-0.05, 0) is 29.1 Å². The fourth-order valence-electron chi connectivity index (χ4n) is 4.58. The van der Waals surface area contributed by atoms with Crippen molar-refractivity contribution in [1.29, 1.82) is 0 Å². The van der Waals surface area contributed by atoms with Crippen LogP contribution in [0.5, 0.6) is 0 Å². The van der Waals surface area contributed by atoms with Crippen molar-refractivity contribution in [2.75, 3.05) is 37.6 Å². The first-order valence-electron chi connectivity index (χ1n) is 11.0. The Bertz CT molecular complexity index is 1220. The summed E-state index contributed by atoms with van der Waals surface area (Å²) in [6, 6.07) is 6.96. The quantitative estimate of drug-likeness (QED) is 0.562. The lowest BCUT2D eigenvalue weighted by molar-refractivity contribution is -0.137. The molecule has 0 saturated carbocycles. The highest BCUT2D eigenvalue weighted by Crippen LogP contribution is 2.31. The zero-order valence-electron chi connectivity index (χ0n) is 18.2. The van der Waals surface area contributed by atoms with E-state index in [1.807, 2.05) is 11.4 Å². The molecule has 34 heavy (non-hydrogen) atoms. The van der Waals surface area contributed by atoms with Gasteiger partial charge in [0.15, 0.2) is 0 Å². The van der Waals surface area contributed by atoms with E-state index in [2.05, 4.69) is 14.9 Å². The lowest BCUT2D eigenvalue weighted by atomic mass is 10.1. The van der Waals surface area contributed by atoms with Gasteiger partial charge in [0, 0.05) is 45.7 Å². The van der Waals surface area contributed by atoms with Crippen molar-refractivity contribution in [3.63, 3.8) is 0 Å². The van der Waals surface area contributed by atoms with Crippen LogP contribution in [0.1, 0.15) is 17.5 Å². The molecule has 2 aromatic heterocycles. The molecule has 2 aliphatic heterocycles. The summed E-state index contributed by atoms with van der Waals surface area (Å²) in [6.07, 6.45) is -2.80. The second-order valence-electron chi connectivity index (χ2n) is 8.52. The summed E-state index contributed by atoms with van der Waals surface area (Å²) in [5.41, 5.74) is -0.347. The van der Waals surface area contributed by atoms with Gasteiger partial charge in [0.25, 0.3) is 0 Å². The molecule has 7 nitrogen and oxygen atoms in total. The molecule has 0 bridgehead atoms. The van der Waals surface area contributed by atoms with Gasteiger partial charge in [-0.1, -0.05) is 12.1 Å². The Morgan fingerprint density at radius 2 is 1.91 bits per heavy atom. The molecule has 5 rings (SSSR count). The van der Waals surface area contributed by atoms with Crippen LogP contribution in [0, 0.1) is 5.92 Å². The number of alkyl halides is 3. The van der Waals surface area contributed by atoms with Gasteiger partial charge in [0.1, 0.15) is 17.0 Å². The fourth-order valence-corrected chi connectivity index (χ4v) is 5.31. The van der Waals surface area contributed by atoms with Crippen molar-refractivity contribution in [3.8, 4) is 0 Å². The number of benzene rings is 1. The summed E-state index contributed by atoms with van der Waals surface area (Å²) >= 11 is 1.56. The van der Waals surface area contributed by atoms with E-state index in [0.29, 0.717) is 31.7 Å². The number of rotatable bonds is 4. The van der Waals surface area contributed by atoms with Crippen LogP contribution in [0.2, 0.25) is 0 Å². The number of anilines is 1. The van der Waals surface area contributed by atoms with E-state index in [4.69, 9.17) is 0 Å². The van der Waals surface area contributed by atoms with Crippen LogP contribution < -0.4 is 4.90 Å². The molecule has 0 spiro atoms. The summed E-state index contributed by atoms with van der Waals surface area (Å²) in [6.45, 7) is 2.57. The topological polar surface area (TPSA) is 69.6 Å². The minimum atomic E-state index is -4.44. The molecule has 178 valence electrons. The number of hydrogen-bond acceptors (Lipinski definition) is 6. The van der Waals surface area contributed by atoms with E-state index in [1.54, 1.807) is 28.6 Å². The van der Waals surface area contributed by atoms with Crippen LogP contribution >= 0.6 is 11.3 Å². The van der Waals surface area contributed by atoms with E-state index >= 15 is 0 Å². The average molecular weight is 490 g/mol. The molecule has 11 heteroatoms. The SMILES string of the molecule is O=C1CC(C(=O)N2CCN(c3ncnc4sccc34)CC2)CN1Cc1cccc(C(F)(F)F)c1. The van der Waals surface area contributed by atoms with Gasteiger partial charge in [0.05, 0.1) is 16.9 Å². The highest BCUT2D eigenvalue weighted by Gasteiger charge is 2.38. The number of aromatic nitrogens is 2. The maximum atomic E-state index is 13.1. The Balaban J connectivity index is 1.19. The lowest BCUT2D eigenvalue weighted by Crippen LogP contribution is -2.51. The van der Waals surface area contributed by atoms with Crippen molar-refractivity contribution in [2.24, 2.45) is 5.92 Å². The summed E-state index contributed by atoms with van der Waals surface area (Å²) < 4.78 is 39.0. The van der Waals surface area contributed by atoms with Crippen molar-refractivity contribution in [3.05, 3.63) is 53.2 Å². The fraction of sp³-hybridized carbons (Fsp3) is 0.391. The molecular formula is C23H22F3N5O2S.